The van der Waals surface area contributed by atoms with Crippen LogP contribution >= 0.6 is 11.6 Å². The normalized spacial score (nSPS) is 11.3. The molecule has 0 radical (unpaired) electrons. The van der Waals surface area contributed by atoms with Gasteiger partial charge in [0.2, 0.25) is 0 Å². The van der Waals surface area contributed by atoms with E-state index in [2.05, 4.69) is 4.98 Å². The minimum atomic E-state index is 0.430. The molecule has 0 unspecified atom stereocenters. The van der Waals surface area contributed by atoms with Crippen LogP contribution in [0.1, 0.15) is 11.1 Å². The van der Waals surface area contributed by atoms with Crippen molar-refractivity contribution in [3.05, 3.63) is 114 Å². The first-order valence-electron chi connectivity index (χ1n) is 9.53. The second kappa shape index (κ2) is 9.29. The van der Waals surface area contributed by atoms with Crippen LogP contribution in [0.15, 0.2) is 103 Å². The summed E-state index contributed by atoms with van der Waals surface area (Å²) in [6.45, 7) is 0.430. The van der Waals surface area contributed by atoms with Crippen LogP contribution in [0.2, 0.25) is 5.02 Å². The maximum absolute atomic E-state index is 6.15. The number of para-hydroxylation sites is 2. The first kappa shape index (κ1) is 19.7. The number of ether oxygens (including phenoxy) is 1. The molecule has 0 aliphatic carbocycles. The van der Waals surface area contributed by atoms with E-state index >= 15 is 0 Å². The van der Waals surface area contributed by atoms with Crippen molar-refractivity contribution in [3.8, 4) is 5.75 Å². The Bertz CT molecular complexity index is 1110. The van der Waals surface area contributed by atoms with Gasteiger partial charge in [-0.25, -0.2) is 4.98 Å². The summed E-state index contributed by atoms with van der Waals surface area (Å²) in [5.41, 5.74) is 2.89. The molecule has 1 aromatic heterocycles. The molecule has 4 aromatic rings. The molecule has 150 valence electrons. The lowest BCUT2D eigenvalue weighted by atomic mass is 10.1. The number of anilines is 1. The molecule has 6 heteroatoms. The van der Waals surface area contributed by atoms with Crippen LogP contribution in [0.25, 0.3) is 0 Å². The molecule has 0 aliphatic heterocycles. The highest BCUT2D eigenvalue weighted by atomic mass is 35.5. The third kappa shape index (κ3) is 4.70. The summed E-state index contributed by atoms with van der Waals surface area (Å²) in [6.07, 6.45) is 5.33. The fourth-order valence-electron chi connectivity index (χ4n) is 2.99. The van der Waals surface area contributed by atoms with Crippen LogP contribution in [-0.2, 0) is 6.61 Å². The quantitative estimate of drug-likeness (QED) is 0.238. The smallest absolute Gasteiger partial charge is 0.169 e. The summed E-state index contributed by atoms with van der Waals surface area (Å²) < 4.78 is 8.03. The predicted molar refractivity (Wildman–Crippen MR) is 121 cm³/mol. The highest BCUT2D eigenvalue weighted by molar-refractivity contribution is 6.30. The third-order valence-corrected chi connectivity index (χ3v) is 4.81. The van der Waals surface area contributed by atoms with Crippen molar-refractivity contribution in [1.29, 1.82) is 0 Å². The first-order valence-corrected chi connectivity index (χ1v) is 9.91. The summed E-state index contributed by atoms with van der Waals surface area (Å²) in [7, 11) is 1.92. The lowest BCUT2D eigenvalue weighted by molar-refractivity contribution is 0.305. The zero-order valence-electron chi connectivity index (χ0n) is 16.5. The monoisotopic (exact) mass is 416 g/mol. The lowest BCUT2D eigenvalue weighted by Gasteiger charge is -2.18. The van der Waals surface area contributed by atoms with Crippen molar-refractivity contribution in [2.45, 2.75) is 6.61 Å². The molecule has 30 heavy (non-hydrogen) atoms. The number of benzene rings is 3. The van der Waals surface area contributed by atoms with Gasteiger partial charge < -0.3 is 4.74 Å². The second-order valence-corrected chi connectivity index (χ2v) is 7.10. The Balaban J connectivity index is 1.67. The van der Waals surface area contributed by atoms with Gasteiger partial charge in [0.15, 0.2) is 5.84 Å². The Morgan fingerprint density at radius 3 is 2.47 bits per heavy atom. The number of aromatic nitrogens is 2. The Morgan fingerprint density at radius 1 is 1.00 bits per heavy atom. The van der Waals surface area contributed by atoms with Crippen LogP contribution in [-0.4, -0.2) is 22.4 Å². The van der Waals surface area contributed by atoms with E-state index in [1.165, 1.54) is 0 Å². The maximum Gasteiger partial charge on any atom is 0.169 e. The molecule has 0 bridgehead atoms. The standard InChI is InChI=1S/C24H21ClN4O/c1-28(21-7-3-2-4-8-21)27-24(29-16-15-26-18-29)22-9-5-6-10-23(22)30-17-19-11-13-20(25)14-12-19/h2-16,18H,17H2,1H3. The molecule has 0 saturated heterocycles. The van der Waals surface area contributed by atoms with Crippen LogP contribution in [0.3, 0.4) is 0 Å². The minimum Gasteiger partial charge on any atom is -0.488 e. The molecule has 0 spiro atoms. The Morgan fingerprint density at radius 2 is 1.73 bits per heavy atom. The topological polar surface area (TPSA) is 42.6 Å². The minimum absolute atomic E-state index is 0.430. The van der Waals surface area contributed by atoms with Crippen molar-refractivity contribution in [3.63, 3.8) is 0 Å². The molecule has 0 N–H and O–H groups in total. The molecule has 0 amide bonds. The molecular weight excluding hydrogens is 396 g/mol. The largest absolute Gasteiger partial charge is 0.488 e. The number of nitrogens with zero attached hydrogens (tertiary/aromatic N) is 4. The summed E-state index contributed by atoms with van der Waals surface area (Å²) in [5.74, 6) is 1.45. The summed E-state index contributed by atoms with van der Waals surface area (Å²) in [5, 5.41) is 7.41. The van der Waals surface area contributed by atoms with Crippen LogP contribution in [0.4, 0.5) is 5.69 Å². The SMILES string of the molecule is CN(N=C(c1ccccc1OCc1ccc(Cl)cc1)n1ccnc1)c1ccccc1. The van der Waals surface area contributed by atoms with Crippen molar-refractivity contribution < 1.29 is 4.74 Å². The number of hydrazone groups is 1. The van der Waals surface area contributed by atoms with E-state index in [0.717, 1.165) is 22.6 Å². The van der Waals surface area contributed by atoms with E-state index in [0.29, 0.717) is 17.5 Å². The molecule has 5 nitrogen and oxygen atoms in total. The van der Waals surface area contributed by atoms with E-state index in [4.69, 9.17) is 21.4 Å². The first-order chi connectivity index (χ1) is 14.7. The highest BCUT2D eigenvalue weighted by Crippen LogP contribution is 2.23. The average Bonchev–Trinajstić information content (AvgIpc) is 3.32. The highest BCUT2D eigenvalue weighted by Gasteiger charge is 2.14. The molecule has 1 heterocycles. The zero-order chi connectivity index (χ0) is 20.8. The van der Waals surface area contributed by atoms with E-state index in [1.54, 1.807) is 12.5 Å². The van der Waals surface area contributed by atoms with Gasteiger partial charge >= 0.3 is 0 Å². The molecule has 4 rings (SSSR count). The average molecular weight is 417 g/mol. The van der Waals surface area contributed by atoms with Gasteiger partial charge in [0.05, 0.1) is 11.3 Å². The summed E-state index contributed by atoms with van der Waals surface area (Å²) >= 11 is 5.98. The summed E-state index contributed by atoms with van der Waals surface area (Å²) in [4.78, 5) is 4.19. The Kier molecular flexibility index (Phi) is 6.11. The van der Waals surface area contributed by atoms with E-state index in [-0.39, 0.29) is 0 Å². The van der Waals surface area contributed by atoms with Gasteiger partial charge in [-0.1, -0.05) is 54.1 Å². The van der Waals surface area contributed by atoms with Crippen molar-refractivity contribution >= 4 is 23.1 Å². The van der Waals surface area contributed by atoms with Gasteiger partial charge in [0.1, 0.15) is 18.7 Å². The predicted octanol–water partition coefficient (Wildman–Crippen LogP) is 5.46. The number of imidazole rings is 1. The van der Waals surface area contributed by atoms with E-state index in [9.17, 15) is 0 Å². The van der Waals surface area contributed by atoms with Gasteiger partial charge in [0.25, 0.3) is 0 Å². The molecule has 0 atom stereocenters. The molecule has 3 aromatic carbocycles. The maximum atomic E-state index is 6.15. The van der Waals surface area contributed by atoms with E-state index in [1.807, 2.05) is 102 Å². The Hall–Kier alpha value is -3.57. The van der Waals surface area contributed by atoms with Gasteiger partial charge in [-0.3, -0.25) is 9.58 Å². The molecule has 0 aliphatic rings. The van der Waals surface area contributed by atoms with Gasteiger partial charge in [-0.2, -0.15) is 5.10 Å². The van der Waals surface area contributed by atoms with E-state index < -0.39 is 0 Å². The molecular formula is C24H21ClN4O. The van der Waals surface area contributed by atoms with Crippen molar-refractivity contribution in [2.75, 3.05) is 12.1 Å². The van der Waals surface area contributed by atoms with Crippen LogP contribution in [0.5, 0.6) is 5.75 Å². The number of rotatable bonds is 6. The Labute approximate surface area is 180 Å². The fourth-order valence-corrected chi connectivity index (χ4v) is 3.12. The number of hydrogen-bond donors (Lipinski definition) is 0. The number of halogens is 1. The van der Waals surface area contributed by atoms with Gasteiger partial charge in [0, 0.05) is 24.5 Å². The zero-order valence-corrected chi connectivity index (χ0v) is 17.3. The third-order valence-electron chi connectivity index (χ3n) is 4.56. The van der Waals surface area contributed by atoms with Crippen LogP contribution < -0.4 is 9.75 Å². The van der Waals surface area contributed by atoms with Gasteiger partial charge in [-0.15, -0.1) is 0 Å². The van der Waals surface area contributed by atoms with Crippen molar-refractivity contribution in [2.24, 2.45) is 5.10 Å². The van der Waals surface area contributed by atoms with Crippen LogP contribution in [0, 0.1) is 0 Å². The second-order valence-electron chi connectivity index (χ2n) is 6.66. The number of hydrogen-bond acceptors (Lipinski definition) is 4. The van der Waals surface area contributed by atoms with Crippen molar-refractivity contribution in [1.82, 2.24) is 9.55 Å². The molecule has 0 fully saturated rings. The fraction of sp³-hybridized carbons (Fsp3) is 0.0833. The lowest BCUT2D eigenvalue weighted by Crippen LogP contribution is -2.20. The molecule has 0 saturated carbocycles. The van der Waals surface area contributed by atoms with Gasteiger partial charge in [-0.05, 0) is 42.0 Å². The summed E-state index contributed by atoms with van der Waals surface area (Å²) in [6, 6.07) is 25.5.